The molecule has 0 aliphatic heterocycles. The van der Waals surface area contributed by atoms with Crippen LogP contribution in [0.15, 0.2) is 47.6 Å². The van der Waals surface area contributed by atoms with Gasteiger partial charge >= 0.3 is 0 Å². The Morgan fingerprint density at radius 3 is 2.32 bits per heavy atom. The maximum Gasteiger partial charge on any atom is 0.188 e. The standard InChI is InChI=1S/C15H16N2S.ClH/c1-12-11-13(2)17-15(16-12)18-10-6-9-14-7-4-3-5-8-14;/h3-9,11H,10H2,1-2H3;1H. The highest BCUT2D eigenvalue weighted by molar-refractivity contribution is 7.99. The number of aromatic nitrogens is 2. The van der Waals surface area contributed by atoms with Crippen molar-refractivity contribution in [2.24, 2.45) is 0 Å². The van der Waals surface area contributed by atoms with Crippen LogP contribution in [-0.2, 0) is 0 Å². The average Bonchev–Trinajstić information content (AvgIpc) is 2.35. The van der Waals surface area contributed by atoms with Crippen molar-refractivity contribution in [3.8, 4) is 0 Å². The van der Waals surface area contributed by atoms with Gasteiger partial charge in [0, 0.05) is 17.1 Å². The van der Waals surface area contributed by atoms with Crippen LogP contribution in [-0.4, -0.2) is 15.7 Å². The molecule has 1 aromatic heterocycles. The Bertz CT molecular complexity index is 521. The minimum absolute atomic E-state index is 0. The van der Waals surface area contributed by atoms with Gasteiger partial charge in [0.1, 0.15) is 0 Å². The highest BCUT2D eigenvalue weighted by Gasteiger charge is 1.98. The normalized spacial score (nSPS) is 10.4. The fourth-order valence-electron chi connectivity index (χ4n) is 1.63. The highest BCUT2D eigenvalue weighted by Crippen LogP contribution is 2.14. The molecular weight excluding hydrogens is 276 g/mol. The van der Waals surface area contributed by atoms with Gasteiger partial charge in [0.05, 0.1) is 0 Å². The van der Waals surface area contributed by atoms with Crippen LogP contribution in [0.5, 0.6) is 0 Å². The molecule has 2 nitrogen and oxygen atoms in total. The van der Waals surface area contributed by atoms with Crippen LogP contribution in [0.2, 0.25) is 0 Å². The lowest BCUT2D eigenvalue weighted by atomic mass is 10.2. The maximum atomic E-state index is 4.40. The molecule has 0 bridgehead atoms. The van der Waals surface area contributed by atoms with Gasteiger partial charge in [-0.15, -0.1) is 12.4 Å². The third kappa shape index (κ3) is 5.45. The van der Waals surface area contributed by atoms with Gasteiger partial charge in [0.2, 0.25) is 0 Å². The van der Waals surface area contributed by atoms with Gasteiger partial charge in [0.15, 0.2) is 5.16 Å². The molecule has 1 heterocycles. The summed E-state index contributed by atoms with van der Waals surface area (Å²) in [6, 6.07) is 12.3. The molecule has 0 aliphatic carbocycles. The summed E-state index contributed by atoms with van der Waals surface area (Å²) >= 11 is 1.66. The van der Waals surface area contributed by atoms with Crippen molar-refractivity contribution in [2.75, 3.05) is 5.75 Å². The first kappa shape index (κ1) is 15.7. The molecular formula is C15H17ClN2S. The first-order valence-corrected chi connectivity index (χ1v) is 6.89. The molecule has 0 unspecified atom stereocenters. The number of hydrogen-bond donors (Lipinski definition) is 0. The second-order valence-electron chi connectivity index (χ2n) is 4.06. The first-order chi connectivity index (χ1) is 8.74. The van der Waals surface area contributed by atoms with Crippen LogP contribution >= 0.6 is 24.2 Å². The fraction of sp³-hybridized carbons (Fsp3) is 0.200. The number of halogens is 1. The van der Waals surface area contributed by atoms with E-state index in [1.807, 2.05) is 38.1 Å². The highest BCUT2D eigenvalue weighted by atomic mass is 35.5. The van der Waals surface area contributed by atoms with E-state index in [4.69, 9.17) is 0 Å². The van der Waals surface area contributed by atoms with E-state index >= 15 is 0 Å². The van der Waals surface area contributed by atoms with Crippen molar-refractivity contribution >= 4 is 30.2 Å². The van der Waals surface area contributed by atoms with Gasteiger partial charge in [0.25, 0.3) is 0 Å². The second kappa shape index (κ2) is 7.97. The van der Waals surface area contributed by atoms with E-state index in [2.05, 4.69) is 34.3 Å². The summed E-state index contributed by atoms with van der Waals surface area (Å²) < 4.78 is 0. The van der Waals surface area contributed by atoms with Gasteiger partial charge in [-0.25, -0.2) is 9.97 Å². The maximum absolute atomic E-state index is 4.40. The molecule has 2 rings (SSSR count). The lowest BCUT2D eigenvalue weighted by Crippen LogP contribution is -1.92. The molecule has 0 aliphatic rings. The summed E-state index contributed by atoms with van der Waals surface area (Å²) in [7, 11) is 0. The van der Waals surface area contributed by atoms with Crippen molar-refractivity contribution in [3.05, 3.63) is 59.4 Å². The summed E-state index contributed by atoms with van der Waals surface area (Å²) in [6.45, 7) is 4.00. The van der Waals surface area contributed by atoms with E-state index < -0.39 is 0 Å². The molecule has 0 saturated carbocycles. The first-order valence-electron chi connectivity index (χ1n) is 5.91. The van der Waals surface area contributed by atoms with Crippen molar-refractivity contribution in [3.63, 3.8) is 0 Å². The Labute approximate surface area is 124 Å². The number of rotatable bonds is 4. The quantitative estimate of drug-likeness (QED) is 0.620. The average molecular weight is 293 g/mol. The number of thioether (sulfide) groups is 1. The molecule has 0 saturated heterocycles. The van der Waals surface area contributed by atoms with E-state index in [-0.39, 0.29) is 12.4 Å². The van der Waals surface area contributed by atoms with Crippen molar-refractivity contribution < 1.29 is 0 Å². The molecule has 0 atom stereocenters. The van der Waals surface area contributed by atoms with Gasteiger partial charge < -0.3 is 0 Å². The minimum Gasteiger partial charge on any atom is -0.228 e. The number of benzene rings is 1. The fourth-order valence-corrected chi connectivity index (χ4v) is 2.39. The van der Waals surface area contributed by atoms with Gasteiger partial charge in [-0.1, -0.05) is 54.2 Å². The third-order valence-corrected chi connectivity index (χ3v) is 3.18. The van der Waals surface area contributed by atoms with E-state index in [9.17, 15) is 0 Å². The summed E-state index contributed by atoms with van der Waals surface area (Å²) in [5, 5.41) is 0.852. The Morgan fingerprint density at radius 2 is 1.68 bits per heavy atom. The van der Waals surface area contributed by atoms with Gasteiger partial charge in [-0.05, 0) is 25.5 Å². The predicted molar refractivity (Wildman–Crippen MR) is 85.0 cm³/mol. The molecule has 100 valence electrons. The van der Waals surface area contributed by atoms with E-state index in [0.29, 0.717) is 0 Å². The number of nitrogens with zero attached hydrogens (tertiary/aromatic N) is 2. The van der Waals surface area contributed by atoms with E-state index in [1.165, 1.54) is 5.56 Å². The molecule has 0 radical (unpaired) electrons. The van der Waals surface area contributed by atoms with Crippen LogP contribution in [0.4, 0.5) is 0 Å². The minimum atomic E-state index is 0. The van der Waals surface area contributed by atoms with Crippen molar-refractivity contribution in [1.29, 1.82) is 0 Å². The zero-order valence-corrected chi connectivity index (χ0v) is 12.7. The van der Waals surface area contributed by atoms with Crippen LogP contribution in [0.3, 0.4) is 0 Å². The van der Waals surface area contributed by atoms with Crippen LogP contribution in [0, 0.1) is 13.8 Å². The zero-order chi connectivity index (χ0) is 12.8. The smallest absolute Gasteiger partial charge is 0.188 e. The number of hydrogen-bond acceptors (Lipinski definition) is 3. The summed E-state index contributed by atoms with van der Waals surface area (Å²) in [5.41, 5.74) is 3.27. The van der Waals surface area contributed by atoms with E-state index in [1.54, 1.807) is 11.8 Å². The largest absolute Gasteiger partial charge is 0.228 e. The molecule has 0 spiro atoms. The Balaban J connectivity index is 0.00000180. The molecule has 0 N–H and O–H groups in total. The molecule has 4 heteroatoms. The van der Waals surface area contributed by atoms with Crippen molar-refractivity contribution in [1.82, 2.24) is 9.97 Å². The SMILES string of the molecule is Cc1cc(C)nc(SCC=Cc2ccccc2)n1.Cl. The third-order valence-electron chi connectivity index (χ3n) is 2.38. The molecule has 0 fully saturated rings. The Hall–Kier alpha value is -1.32. The summed E-state index contributed by atoms with van der Waals surface area (Å²) in [6.07, 6.45) is 4.26. The van der Waals surface area contributed by atoms with Gasteiger partial charge in [-0.2, -0.15) is 0 Å². The van der Waals surface area contributed by atoms with E-state index in [0.717, 1.165) is 22.3 Å². The molecule has 2 aromatic rings. The van der Waals surface area contributed by atoms with Crippen molar-refractivity contribution in [2.45, 2.75) is 19.0 Å². The molecule has 19 heavy (non-hydrogen) atoms. The lowest BCUT2D eigenvalue weighted by Gasteiger charge is -2.00. The topological polar surface area (TPSA) is 25.8 Å². The monoisotopic (exact) mass is 292 g/mol. The van der Waals surface area contributed by atoms with Gasteiger partial charge in [-0.3, -0.25) is 0 Å². The second-order valence-corrected chi connectivity index (χ2v) is 5.04. The van der Waals surface area contributed by atoms with Crippen LogP contribution in [0.25, 0.3) is 6.08 Å². The molecule has 0 amide bonds. The summed E-state index contributed by atoms with van der Waals surface area (Å²) in [4.78, 5) is 8.79. The Morgan fingerprint density at radius 1 is 1.05 bits per heavy atom. The Kier molecular flexibility index (Phi) is 6.60. The molecule has 1 aromatic carbocycles. The lowest BCUT2D eigenvalue weighted by molar-refractivity contribution is 0.903. The van der Waals surface area contributed by atoms with Crippen LogP contribution in [0.1, 0.15) is 17.0 Å². The number of aryl methyl sites for hydroxylation is 2. The van der Waals surface area contributed by atoms with Crippen LogP contribution < -0.4 is 0 Å². The summed E-state index contributed by atoms with van der Waals surface area (Å²) in [5.74, 6) is 0.887. The predicted octanol–water partition coefficient (Wildman–Crippen LogP) is 4.32. The zero-order valence-electron chi connectivity index (χ0n) is 11.0.